The van der Waals surface area contributed by atoms with Gasteiger partial charge in [-0.05, 0) is 69.2 Å². The van der Waals surface area contributed by atoms with Gasteiger partial charge in [-0.2, -0.15) is 0 Å². The van der Waals surface area contributed by atoms with Crippen LogP contribution in [0.4, 0.5) is 5.69 Å². The van der Waals surface area contributed by atoms with Crippen molar-refractivity contribution in [2.75, 3.05) is 12.3 Å². The second kappa shape index (κ2) is 5.81. The van der Waals surface area contributed by atoms with E-state index in [9.17, 15) is 8.42 Å². The van der Waals surface area contributed by atoms with Crippen LogP contribution in [0.25, 0.3) is 0 Å². The van der Waals surface area contributed by atoms with E-state index in [2.05, 4.69) is 36.6 Å². The summed E-state index contributed by atoms with van der Waals surface area (Å²) in [6.07, 6.45) is 2.96. The third-order valence-corrected chi connectivity index (χ3v) is 7.18. The number of nitrogens with one attached hydrogen (secondary N) is 1. The largest absolute Gasteiger partial charge is 0.399 e. The van der Waals surface area contributed by atoms with Crippen molar-refractivity contribution in [1.29, 1.82) is 0 Å². The van der Waals surface area contributed by atoms with Crippen LogP contribution in [0.15, 0.2) is 26.0 Å². The number of ether oxygens (including phenoxy) is 1. The summed E-state index contributed by atoms with van der Waals surface area (Å²) < 4.78 is 34.7. The minimum absolute atomic E-state index is 0.00566. The topological polar surface area (TPSA) is 81.4 Å². The van der Waals surface area contributed by atoms with Gasteiger partial charge in [0.15, 0.2) is 0 Å². The van der Waals surface area contributed by atoms with Crippen LogP contribution in [0.1, 0.15) is 19.3 Å². The maximum Gasteiger partial charge on any atom is 0.243 e. The molecule has 1 aromatic carbocycles. The fourth-order valence-corrected chi connectivity index (χ4v) is 6.62. The molecule has 0 spiro atoms. The summed E-state index contributed by atoms with van der Waals surface area (Å²) in [7, 11) is -3.64. The lowest BCUT2D eigenvalue weighted by Gasteiger charge is -2.20. The molecule has 2 atom stereocenters. The standard InChI is InChI=1S/C13H16Br2N2O3S/c14-9-5-8(16)6-10(15)13(9)21(18,19)17-11-3-4-20-12(11)7-1-2-7/h5-7,11-12,17H,1-4,16H2. The van der Waals surface area contributed by atoms with Crippen LogP contribution in [0, 0.1) is 5.92 Å². The molecule has 2 aliphatic rings. The van der Waals surface area contributed by atoms with Crippen LogP contribution in [0.3, 0.4) is 0 Å². The molecule has 0 aromatic heterocycles. The van der Waals surface area contributed by atoms with E-state index in [1.165, 1.54) is 0 Å². The Labute approximate surface area is 140 Å². The van der Waals surface area contributed by atoms with Crippen LogP contribution in [-0.2, 0) is 14.8 Å². The van der Waals surface area contributed by atoms with Crippen molar-refractivity contribution >= 4 is 47.6 Å². The van der Waals surface area contributed by atoms with E-state index in [0.717, 1.165) is 12.8 Å². The average Bonchev–Trinajstić information content (AvgIpc) is 3.08. The first-order valence-electron chi connectivity index (χ1n) is 6.77. The Balaban J connectivity index is 1.87. The van der Waals surface area contributed by atoms with Crippen molar-refractivity contribution < 1.29 is 13.2 Å². The predicted octanol–water partition coefficient (Wildman–Crippen LogP) is 2.64. The molecule has 1 aliphatic carbocycles. The molecule has 5 nitrogen and oxygen atoms in total. The summed E-state index contributed by atoms with van der Waals surface area (Å²) >= 11 is 6.56. The Morgan fingerprint density at radius 2 is 1.81 bits per heavy atom. The molecule has 2 fully saturated rings. The van der Waals surface area contributed by atoms with Crippen LogP contribution < -0.4 is 10.5 Å². The second-order valence-corrected chi connectivity index (χ2v) is 8.86. The average molecular weight is 440 g/mol. The predicted molar refractivity (Wildman–Crippen MR) is 87.4 cm³/mol. The van der Waals surface area contributed by atoms with E-state index in [0.29, 0.717) is 33.6 Å². The Morgan fingerprint density at radius 1 is 1.19 bits per heavy atom. The highest BCUT2D eigenvalue weighted by atomic mass is 79.9. The molecule has 116 valence electrons. The van der Waals surface area contributed by atoms with E-state index < -0.39 is 10.0 Å². The van der Waals surface area contributed by atoms with E-state index in [-0.39, 0.29) is 17.0 Å². The molecule has 3 N–H and O–H groups in total. The summed E-state index contributed by atoms with van der Waals surface area (Å²) in [6, 6.07) is 3.02. The Kier molecular flexibility index (Phi) is 4.35. The first-order valence-corrected chi connectivity index (χ1v) is 9.84. The Bertz CT molecular complexity index is 638. The van der Waals surface area contributed by atoms with Gasteiger partial charge in [-0.15, -0.1) is 0 Å². The first kappa shape index (κ1) is 15.7. The lowest BCUT2D eigenvalue weighted by Crippen LogP contribution is -2.41. The van der Waals surface area contributed by atoms with Crippen LogP contribution >= 0.6 is 31.9 Å². The van der Waals surface area contributed by atoms with Crippen molar-refractivity contribution in [3.8, 4) is 0 Å². The molecule has 2 unspecified atom stereocenters. The molecule has 1 aromatic rings. The normalized spacial score (nSPS) is 26.2. The fraction of sp³-hybridized carbons (Fsp3) is 0.538. The number of benzene rings is 1. The number of rotatable bonds is 4. The maximum absolute atomic E-state index is 12.7. The monoisotopic (exact) mass is 438 g/mol. The summed E-state index contributed by atoms with van der Waals surface area (Å²) in [4.78, 5) is 0.179. The summed E-state index contributed by atoms with van der Waals surface area (Å²) in [5, 5.41) is 0. The summed E-state index contributed by atoms with van der Waals surface area (Å²) in [5.74, 6) is 0.499. The lowest BCUT2D eigenvalue weighted by atomic mass is 10.1. The quantitative estimate of drug-likeness (QED) is 0.706. The van der Waals surface area contributed by atoms with E-state index in [1.807, 2.05) is 0 Å². The highest BCUT2D eigenvalue weighted by Gasteiger charge is 2.42. The highest BCUT2D eigenvalue weighted by Crippen LogP contribution is 2.40. The van der Waals surface area contributed by atoms with Crippen molar-refractivity contribution in [3.63, 3.8) is 0 Å². The molecule has 1 aliphatic heterocycles. The molecular formula is C13H16Br2N2O3S. The molecule has 21 heavy (non-hydrogen) atoms. The highest BCUT2D eigenvalue weighted by molar-refractivity contribution is 9.11. The zero-order valence-electron chi connectivity index (χ0n) is 11.2. The van der Waals surface area contributed by atoms with Gasteiger partial charge >= 0.3 is 0 Å². The Hall–Kier alpha value is -0.150. The van der Waals surface area contributed by atoms with Crippen molar-refractivity contribution in [2.24, 2.45) is 5.92 Å². The summed E-state index contributed by atoms with van der Waals surface area (Å²) in [6.45, 7) is 0.610. The Morgan fingerprint density at radius 3 is 2.38 bits per heavy atom. The number of halogens is 2. The van der Waals surface area contributed by atoms with Gasteiger partial charge in [0, 0.05) is 21.2 Å². The molecule has 0 amide bonds. The van der Waals surface area contributed by atoms with Gasteiger partial charge < -0.3 is 10.5 Å². The zero-order chi connectivity index (χ0) is 15.2. The van der Waals surface area contributed by atoms with E-state index in [4.69, 9.17) is 10.5 Å². The minimum Gasteiger partial charge on any atom is -0.399 e. The third-order valence-electron chi connectivity index (χ3n) is 3.82. The molecule has 1 saturated heterocycles. The number of hydrogen-bond donors (Lipinski definition) is 2. The molecule has 3 rings (SSSR count). The third kappa shape index (κ3) is 3.29. The van der Waals surface area contributed by atoms with Crippen molar-refractivity contribution in [3.05, 3.63) is 21.1 Å². The first-order chi connectivity index (χ1) is 9.88. The van der Waals surface area contributed by atoms with Gasteiger partial charge in [-0.3, -0.25) is 0 Å². The lowest BCUT2D eigenvalue weighted by molar-refractivity contribution is 0.0848. The number of nitrogen functional groups attached to an aromatic ring is 1. The van der Waals surface area contributed by atoms with Crippen LogP contribution in [0.5, 0.6) is 0 Å². The van der Waals surface area contributed by atoms with Gasteiger partial charge in [0.05, 0.1) is 12.1 Å². The number of nitrogens with two attached hydrogens (primary N) is 1. The molecule has 0 bridgehead atoms. The minimum atomic E-state index is -3.64. The fourth-order valence-electron chi connectivity index (χ4n) is 2.72. The SMILES string of the molecule is Nc1cc(Br)c(S(=O)(=O)NC2CCOC2C2CC2)c(Br)c1. The number of anilines is 1. The van der Waals surface area contributed by atoms with Gasteiger partial charge in [-0.25, -0.2) is 13.1 Å². The van der Waals surface area contributed by atoms with Crippen molar-refractivity contribution in [2.45, 2.75) is 36.3 Å². The van der Waals surface area contributed by atoms with Gasteiger partial charge in [0.1, 0.15) is 4.90 Å². The van der Waals surface area contributed by atoms with Gasteiger partial charge in [0.25, 0.3) is 0 Å². The molecule has 1 heterocycles. The van der Waals surface area contributed by atoms with E-state index in [1.54, 1.807) is 12.1 Å². The smallest absolute Gasteiger partial charge is 0.243 e. The zero-order valence-corrected chi connectivity index (χ0v) is 15.2. The van der Waals surface area contributed by atoms with Crippen LogP contribution in [0.2, 0.25) is 0 Å². The van der Waals surface area contributed by atoms with Gasteiger partial charge in [0.2, 0.25) is 10.0 Å². The van der Waals surface area contributed by atoms with Crippen LogP contribution in [-0.4, -0.2) is 27.2 Å². The summed E-state index contributed by atoms with van der Waals surface area (Å²) in [5.41, 5.74) is 6.20. The van der Waals surface area contributed by atoms with Gasteiger partial charge in [-0.1, -0.05) is 0 Å². The molecule has 1 saturated carbocycles. The number of hydrogen-bond acceptors (Lipinski definition) is 4. The molecule has 8 heteroatoms. The van der Waals surface area contributed by atoms with E-state index >= 15 is 0 Å². The molecule has 0 radical (unpaired) electrons. The second-order valence-electron chi connectivity index (χ2n) is 5.50. The van der Waals surface area contributed by atoms with Crippen molar-refractivity contribution in [1.82, 2.24) is 4.72 Å². The molecular weight excluding hydrogens is 424 g/mol. The number of sulfonamides is 1. The maximum atomic E-state index is 12.7.